The van der Waals surface area contributed by atoms with Crippen molar-refractivity contribution in [1.82, 2.24) is 15.2 Å². The van der Waals surface area contributed by atoms with Crippen molar-refractivity contribution in [2.75, 3.05) is 12.0 Å². The van der Waals surface area contributed by atoms with Crippen LogP contribution in [-0.2, 0) is 0 Å². The molecule has 0 atom stereocenters. The standard InChI is InChI=1S/C14H13N3OS3/c1-8-12(9-5-3-4-6-10(9)15-8)11(18)7-20-14-17-16-13(19-2)21-14/h3-6,15H,7H2,1-2H3. The van der Waals surface area contributed by atoms with Gasteiger partial charge in [-0.05, 0) is 19.2 Å². The van der Waals surface area contributed by atoms with Crippen LogP contribution in [0.1, 0.15) is 16.1 Å². The van der Waals surface area contributed by atoms with Crippen molar-refractivity contribution in [3.63, 3.8) is 0 Å². The van der Waals surface area contributed by atoms with Crippen LogP contribution in [0.3, 0.4) is 0 Å². The molecule has 0 saturated carbocycles. The van der Waals surface area contributed by atoms with Crippen molar-refractivity contribution < 1.29 is 4.79 Å². The SMILES string of the molecule is CSc1nnc(SCC(=O)c2c(C)[nH]c3ccccc23)s1. The number of aromatic nitrogens is 3. The number of Topliss-reactive ketones (excluding diaryl/α,β-unsaturated/α-hetero) is 1. The Morgan fingerprint density at radius 3 is 2.81 bits per heavy atom. The molecule has 0 bridgehead atoms. The topological polar surface area (TPSA) is 58.6 Å². The van der Waals surface area contributed by atoms with Gasteiger partial charge < -0.3 is 4.98 Å². The van der Waals surface area contributed by atoms with E-state index in [4.69, 9.17) is 0 Å². The second-order valence-corrected chi connectivity index (χ2v) is 7.67. The van der Waals surface area contributed by atoms with Crippen LogP contribution in [0.5, 0.6) is 0 Å². The predicted octanol–water partition coefficient (Wildman–Crippen LogP) is 4.02. The lowest BCUT2D eigenvalue weighted by atomic mass is 10.1. The maximum Gasteiger partial charge on any atom is 0.175 e. The summed E-state index contributed by atoms with van der Waals surface area (Å²) in [6.45, 7) is 1.94. The molecule has 0 aliphatic carbocycles. The van der Waals surface area contributed by atoms with Gasteiger partial charge in [-0.2, -0.15) is 0 Å². The van der Waals surface area contributed by atoms with E-state index in [-0.39, 0.29) is 5.78 Å². The van der Waals surface area contributed by atoms with Crippen molar-refractivity contribution in [3.05, 3.63) is 35.5 Å². The summed E-state index contributed by atoms with van der Waals surface area (Å²) < 4.78 is 1.76. The van der Waals surface area contributed by atoms with E-state index >= 15 is 0 Å². The molecule has 0 aliphatic heterocycles. The highest BCUT2D eigenvalue weighted by molar-refractivity contribution is 8.03. The number of para-hydroxylation sites is 1. The predicted molar refractivity (Wildman–Crippen MR) is 89.8 cm³/mol. The first-order valence-electron chi connectivity index (χ1n) is 6.30. The molecule has 1 N–H and O–H groups in total. The molecule has 108 valence electrons. The van der Waals surface area contributed by atoms with Gasteiger partial charge in [0.15, 0.2) is 14.5 Å². The van der Waals surface area contributed by atoms with Crippen LogP contribution in [-0.4, -0.2) is 33.0 Å². The van der Waals surface area contributed by atoms with E-state index in [9.17, 15) is 4.79 Å². The smallest absolute Gasteiger partial charge is 0.175 e. The maximum atomic E-state index is 12.5. The summed E-state index contributed by atoms with van der Waals surface area (Å²) in [5.41, 5.74) is 2.71. The minimum atomic E-state index is 0.121. The van der Waals surface area contributed by atoms with E-state index in [0.29, 0.717) is 5.75 Å². The van der Waals surface area contributed by atoms with Crippen LogP contribution in [0.25, 0.3) is 10.9 Å². The fourth-order valence-corrected chi connectivity index (χ4v) is 4.48. The van der Waals surface area contributed by atoms with Gasteiger partial charge in [0, 0.05) is 22.2 Å². The number of aryl methyl sites for hydroxylation is 1. The Labute approximate surface area is 134 Å². The minimum absolute atomic E-state index is 0.121. The van der Waals surface area contributed by atoms with E-state index < -0.39 is 0 Å². The van der Waals surface area contributed by atoms with E-state index in [1.54, 1.807) is 11.8 Å². The second kappa shape index (κ2) is 6.21. The molecule has 21 heavy (non-hydrogen) atoms. The van der Waals surface area contributed by atoms with Gasteiger partial charge in [0.25, 0.3) is 0 Å². The van der Waals surface area contributed by atoms with Gasteiger partial charge in [-0.25, -0.2) is 0 Å². The number of nitrogens with zero attached hydrogens (tertiary/aromatic N) is 2. The fraction of sp³-hybridized carbons (Fsp3) is 0.214. The number of aromatic amines is 1. The number of nitrogens with one attached hydrogen (secondary N) is 1. The van der Waals surface area contributed by atoms with Crippen LogP contribution in [0, 0.1) is 6.92 Å². The van der Waals surface area contributed by atoms with Gasteiger partial charge in [-0.1, -0.05) is 53.1 Å². The summed E-state index contributed by atoms with van der Waals surface area (Å²) >= 11 is 4.54. The minimum Gasteiger partial charge on any atom is -0.358 e. The number of thioether (sulfide) groups is 2. The van der Waals surface area contributed by atoms with Crippen molar-refractivity contribution in [3.8, 4) is 0 Å². The molecule has 0 spiro atoms. The Morgan fingerprint density at radius 1 is 1.29 bits per heavy atom. The molecule has 4 nitrogen and oxygen atoms in total. The first-order valence-corrected chi connectivity index (χ1v) is 9.32. The van der Waals surface area contributed by atoms with E-state index in [1.807, 2.05) is 37.4 Å². The normalized spacial score (nSPS) is 11.1. The molecule has 0 amide bonds. The molecular weight excluding hydrogens is 322 g/mol. The van der Waals surface area contributed by atoms with Crippen molar-refractivity contribution in [2.45, 2.75) is 15.6 Å². The highest BCUT2D eigenvalue weighted by atomic mass is 32.2. The van der Waals surface area contributed by atoms with E-state index in [1.165, 1.54) is 23.1 Å². The number of ketones is 1. The monoisotopic (exact) mass is 335 g/mol. The molecular formula is C14H13N3OS3. The fourth-order valence-electron chi connectivity index (χ4n) is 2.17. The molecule has 2 heterocycles. The molecule has 0 unspecified atom stereocenters. The zero-order valence-electron chi connectivity index (χ0n) is 11.5. The summed E-state index contributed by atoms with van der Waals surface area (Å²) in [5, 5.41) is 9.10. The Bertz CT molecular complexity index is 794. The van der Waals surface area contributed by atoms with E-state index in [2.05, 4.69) is 15.2 Å². The van der Waals surface area contributed by atoms with Gasteiger partial charge in [0.2, 0.25) is 0 Å². The van der Waals surface area contributed by atoms with Crippen LogP contribution >= 0.6 is 34.9 Å². The van der Waals surface area contributed by atoms with Crippen molar-refractivity contribution in [2.24, 2.45) is 0 Å². The first-order chi connectivity index (χ1) is 10.2. The van der Waals surface area contributed by atoms with Crippen LogP contribution < -0.4 is 0 Å². The summed E-state index contributed by atoms with van der Waals surface area (Å²) in [4.78, 5) is 15.8. The van der Waals surface area contributed by atoms with Gasteiger partial charge in [-0.15, -0.1) is 10.2 Å². The number of carbonyl (C=O) groups excluding carboxylic acids is 1. The number of carbonyl (C=O) groups is 1. The molecule has 0 aliphatic rings. The second-order valence-electron chi connectivity index (χ2n) is 4.42. The van der Waals surface area contributed by atoms with Gasteiger partial charge in [0.05, 0.1) is 5.75 Å². The van der Waals surface area contributed by atoms with Crippen LogP contribution in [0.15, 0.2) is 32.9 Å². The molecule has 7 heteroatoms. The third-order valence-electron chi connectivity index (χ3n) is 3.06. The zero-order valence-corrected chi connectivity index (χ0v) is 14.0. The molecule has 0 saturated heterocycles. The number of H-pyrrole nitrogens is 1. The maximum absolute atomic E-state index is 12.5. The number of hydrogen-bond acceptors (Lipinski definition) is 6. The molecule has 3 rings (SSSR count). The number of benzene rings is 1. The lowest BCUT2D eigenvalue weighted by Gasteiger charge is -1.99. The summed E-state index contributed by atoms with van der Waals surface area (Å²) in [5.74, 6) is 0.502. The average molecular weight is 335 g/mol. The third kappa shape index (κ3) is 3.00. The first kappa shape index (κ1) is 14.6. The Kier molecular flexibility index (Phi) is 4.32. The van der Waals surface area contributed by atoms with Gasteiger partial charge in [0.1, 0.15) is 0 Å². The largest absolute Gasteiger partial charge is 0.358 e. The highest BCUT2D eigenvalue weighted by Gasteiger charge is 2.16. The Balaban J connectivity index is 1.79. The summed E-state index contributed by atoms with van der Waals surface area (Å²) in [7, 11) is 0. The number of fused-ring (bicyclic) bond motifs is 1. The Morgan fingerprint density at radius 2 is 2.05 bits per heavy atom. The zero-order chi connectivity index (χ0) is 14.8. The van der Waals surface area contributed by atoms with Crippen LogP contribution in [0.2, 0.25) is 0 Å². The number of hydrogen-bond donors (Lipinski definition) is 1. The summed E-state index contributed by atoms with van der Waals surface area (Å²) in [6.07, 6.45) is 1.97. The number of rotatable bonds is 5. The third-order valence-corrected chi connectivity index (χ3v) is 6.09. The van der Waals surface area contributed by atoms with E-state index in [0.717, 1.165) is 30.8 Å². The Hall–Kier alpha value is -1.31. The molecule has 3 aromatic rings. The van der Waals surface area contributed by atoms with Gasteiger partial charge >= 0.3 is 0 Å². The van der Waals surface area contributed by atoms with Crippen LogP contribution in [0.4, 0.5) is 0 Å². The molecule has 2 aromatic heterocycles. The van der Waals surface area contributed by atoms with Crippen molar-refractivity contribution in [1.29, 1.82) is 0 Å². The lowest BCUT2D eigenvalue weighted by molar-refractivity contribution is 0.102. The van der Waals surface area contributed by atoms with Gasteiger partial charge in [-0.3, -0.25) is 4.79 Å². The molecule has 1 aromatic carbocycles. The summed E-state index contributed by atoms with van der Waals surface area (Å²) in [6, 6.07) is 7.89. The quantitative estimate of drug-likeness (QED) is 0.563. The molecule has 0 fully saturated rings. The molecule has 0 radical (unpaired) electrons. The van der Waals surface area contributed by atoms with Crippen molar-refractivity contribution >= 4 is 51.5 Å². The lowest BCUT2D eigenvalue weighted by Crippen LogP contribution is -2.03. The average Bonchev–Trinajstić information content (AvgIpc) is 3.07. The highest BCUT2D eigenvalue weighted by Crippen LogP contribution is 2.29.